The fraction of sp³-hybridized carbons (Fsp3) is 0.647. The molecule has 2 atom stereocenters. The first-order chi connectivity index (χ1) is 9.66. The van der Waals surface area contributed by atoms with Crippen molar-refractivity contribution in [2.45, 2.75) is 44.2 Å². The molecule has 1 fully saturated rings. The van der Waals surface area contributed by atoms with Crippen molar-refractivity contribution in [1.29, 1.82) is 0 Å². The van der Waals surface area contributed by atoms with E-state index in [9.17, 15) is 5.11 Å². The number of benzene rings is 1. The van der Waals surface area contributed by atoms with E-state index in [-0.39, 0.29) is 0 Å². The normalized spacial score (nSPS) is 27.6. The Balaban J connectivity index is 1.83. The Kier molecular flexibility index (Phi) is 3.99. The van der Waals surface area contributed by atoms with E-state index in [4.69, 9.17) is 0 Å². The summed E-state index contributed by atoms with van der Waals surface area (Å²) in [5.41, 5.74) is 2.53. The molecule has 1 N–H and O–H groups in total. The molecule has 1 aromatic rings. The molecule has 1 aliphatic carbocycles. The summed E-state index contributed by atoms with van der Waals surface area (Å²) >= 11 is 0. The Hall–Kier alpha value is -1.06. The highest BCUT2D eigenvalue weighted by atomic mass is 16.3. The average Bonchev–Trinajstić information content (AvgIpc) is 2.46. The van der Waals surface area contributed by atoms with E-state index in [1.807, 2.05) is 12.1 Å². The number of fused-ring (bicyclic) bond motifs is 1. The summed E-state index contributed by atoms with van der Waals surface area (Å²) < 4.78 is 0. The van der Waals surface area contributed by atoms with Crippen LogP contribution in [0.3, 0.4) is 0 Å². The van der Waals surface area contributed by atoms with E-state index in [1.165, 1.54) is 49.9 Å². The lowest BCUT2D eigenvalue weighted by Crippen LogP contribution is -2.46. The van der Waals surface area contributed by atoms with Gasteiger partial charge in [-0.25, -0.2) is 0 Å². The minimum absolute atomic E-state index is 0.474. The number of hydrogen-bond donors (Lipinski definition) is 1. The quantitative estimate of drug-likeness (QED) is 0.898. The molecule has 3 heteroatoms. The lowest BCUT2D eigenvalue weighted by Gasteiger charge is -2.42. The number of phenols is 1. The lowest BCUT2D eigenvalue weighted by molar-refractivity contribution is 0.0904. The fourth-order valence-corrected chi connectivity index (χ4v) is 3.95. The summed E-state index contributed by atoms with van der Waals surface area (Å²) in [6.07, 6.45) is 6.02. The Morgan fingerprint density at radius 3 is 2.90 bits per heavy atom. The summed E-state index contributed by atoms with van der Waals surface area (Å²) in [6.45, 7) is 2.40. The molecule has 1 saturated heterocycles. The van der Waals surface area contributed by atoms with Gasteiger partial charge in [0, 0.05) is 18.6 Å². The standard InChI is InChI=1S/C17H26N2O/c1-18-11-5-6-13(12-18)19(2)16-9-3-8-15-14(16)7-4-10-17(15)20/h4,7,10,13,16,20H,3,5-6,8-9,11-12H2,1-2H3. The molecule has 2 unspecified atom stereocenters. The van der Waals surface area contributed by atoms with Crippen LogP contribution in [0.2, 0.25) is 0 Å². The second-order valence-corrected chi connectivity index (χ2v) is 6.48. The van der Waals surface area contributed by atoms with Gasteiger partial charge in [-0.3, -0.25) is 4.90 Å². The largest absolute Gasteiger partial charge is 0.508 e. The van der Waals surface area contributed by atoms with Crippen LogP contribution in [0.15, 0.2) is 18.2 Å². The third-order valence-electron chi connectivity index (χ3n) is 5.12. The van der Waals surface area contributed by atoms with E-state index in [0.717, 1.165) is 6.42 Å². The van der Waals surface area contributed by atoms with Crippen LogP contribution in [0.4, 0.5) is 0 Å². The summed E-state index contributed by atoms with van der Waals surface area (Å²) in [4.78, 5) is 5.00. The monoisotopic (exact) mass is 274 g/mol. The van der Waals surface area contributed by atoms with Gasteiger partial charge < -0.3 is 10.0 Å². The Morgan fingerprint density at radius 2 is 2.10 bits per heavy atom. The van der Waals surface area contributed by atoms with Crippen molar-refractivity contribution >= 4 is 0 Å². The van der Waals surface area contributed by atoms with E-state index in [0.29, 0.717) is 17.8 Å². The van der Waals surface area contributed by atoms with E-state index in [1.54, 1.807) is 0 Å². The average molecular weight is 274 g/mol. The molecular formula is C17H26N2O. The van der Waals surface area contributed by atoms with Crippen molar-refractivity contribution in [3.63, 3.8) is 0 Å². The van der Waals surface area contributed by atoms with E-state index < -0.39 is 0 Å². The first-order valence-electron chi connectivity index (χ1n) is 7.88. The van der Waals surface area contributed by atoms with Crippen LogP contribution < -0.4 is 0 Å². The van der Waals surface area contributed by atoms with Crippen LogP contribution in [0.5, 0.6) is 5.75 Å². The third kappa shape index (κ3) is 2.57. The molecule has 20 heavy (non-hydrogen) atoms. The summed E-state index contributed by atoms with van der Waals surface area (Å²) in [7, 11) is 4.49. The number of nitrogens with zero attached hydrogens (tertiary/aromatic N) is 2. The van der Waals surface area contributed by atoms with Crippen LogP contribution in [0.1, 0.15) is 42.9 Å². The second kappa shape index (κ2) is 5.74. The minimum atomic E-state index is 0.474. The Morgan fingerprint density at radius 1 is 1.25 bits per heavy atom. The van der Waals surface area contributed by atoms with Gasteiger partial charge in [0.05, 0.1) is 0 Å². The molecule has 0 spiro atoms. The second-order valence-electron chi connectivity index (χ2n) is 6.48. The molecule has 3 nitrogen and oxygen atoms in total. The summed E-state index contributed by atoms with van der Waals surface area (Å²) in [5.74, 6) is 0.487. The molecule has 1 aromatic carbocycles. The molecule has 0 amide bonds. The molecule has 2 aliphatic rings. The molecule has 1 aliphatic heterocycles. The van der Waals surface area contributed by atoms with E-state index >= 15 is 0 Å². The number of rotatable bonds is 2. The van der Waals surface area contributed by atoms with Gasteiger partial charge in [0.25, 0.3) is 0 Å². The maximum atomic E-state index is 10.1. The Labute approximate surface area is 122 Å². The molecule has 3 rings (SSSR count). The predicted molar refractivity (Wildman–Crippen MR) is 82.1 cm³/mol. The van der Waals surface area contributed by atoms with Crippen molar-refractivity contribution in [3.8, 4) is 5.75 Å². The van der Waals surface area contributed by atoms with Gasteiger partial charge in [-0.2, -0.15) is 0 Å². The number of likely N-dealkylation sites (N-methyl/N-ethyl adjacent to an activating group) is 2. The van der Waals surface area contributed by atoms with Crippen LogP contribution in [0.25, 0.3) is 0 Å². The van der Waals surface area contributed by atoms with Crippen molar-refractivity contribution in [2.75, 3.05) is 27.2 Å². The van der Waals surface area contributed by atoms with E-state index in [2.05, 4.69) is 30.0 Å². The minimum Gasteiger partial charge on any atom is -0.508 e. The number of hydrogen-bond acceptors (Lipinski definition) is 3. The van der Waals surface area contributed by atoms with Crippen molar-refractivity contribution in [1.82, 2.24) is 9.80 Å². The SMILES string of the molecule is CN1CCCC(N(C)C2CCCc3c(O)cccc32)C1. The zero-order valence-corrected chi connectivity index (χ0v) is 12.7. The first-order valence-corrected chi connectivity index (χ1v) is 7.88. The molecule has 0 bridgehead atoms. The van der Waals surface area contributed by atoms with Gasteiger partial charge in [0.2, 0.25) is 0 Å². The lowest BCUT2D eigenvalue weighted by atomic mass is 9.85. The van der Waals surface area contributed by atoms with Gasteiger partial charge in [-0.05, 0) is 69.9 Å². The van der Waals surface area contributed by atoms with Gasteiger partial charge >= 0.3 is 0 Å². The smallest absolute Gasteiger partial charge is 0.119 e. The number of phenolic OH excluding ortho intramolecular Hbond substituents is 1. The summed E-state index contributed by atoms with van der Waals surface area (Å²) in [6, 6.07) is 7.15. The van der Waals surface area contributed by atoms with Gasteiger partial charge in [-0.1, -0.05) is 12.1 Å². The number of aromatic hydroxyl groups is 1. The summed E-state index contributed by atoms with van der Waals surface area (Å²) in [5, 5.41) is 10.1. The molecular weight excluding hydrogens is 248 g/mol. The maximum Gasteiger partial charge on any atom is 0.119 e. The topological polar surface area (TPSA) is 26.7 Å². The van der Waals surface area contributed by atoms with Crippen molar-refractivity contribution < 1.29 is 5.11 Å². The van der Waals surface area contributed by atoms with Crippen LogP contribution in [-0.2, 0) is 6.42 Å². The number of piperidine rings is 1. The number of likely N-dealkylation sites (tertiary alicyclic amines) is 1. The van der Waals surface area contributed by atoms with Crippen LogP contribution in [0, 0.1) is 0 Å². The molecule has 1 heterocycles. The fourth-order valence-electron chi connectivity index (χ4n) is 3.95. The molecule has 0 saturated carbocycles. The predicted octanol–water partition coefficient (Wildman–Crippen LogP) is 2.80. The Bertz CT molecular complexity index is 474. The first kappa shape index (κ1) is 13.9. The van der Waals surface area contributed by atoms with Crippen molar-refractivity contribution in [3.05, 3.63) is 29.3 Å². The van der Waals surface area contributed by atoms with Crippen molar-refractivity contribution in [2.24, 2.45) is 0 Å². The zero-order valence-electron chi connectivity index (χ0n) is 12.7. The molecule has 0 aromatic heterocycles. The van der Waals surface area contributed by atoms with Crippen LogP contribution in [-0.4, -0.2) is 48.1 Å². The highest BCUT2D eigenvalue weighted by Crippen LogP contribution is 2.39. The van der Waals surface area contributed by atoms with Gasteiger partial charge in [-0.15, -0.1) is 0 Å². The van der Waals surface area contributed by atoms with Gasteiger partial charge in [0.15, 0.2) is 0 Å². The zero-order chi connectivity index (χ0) is 14.1. The van der Waals surface area contributed by atoms with Crippen LogP contribution >= 0.6 is 0 Å². The highest BCUT2D eigenvalue weighted by Gasteiger charge is 2.30. The maximum absolute atomic E-state index is 10.1. The molecule has 0 radical (unpaired) electrons. The molecule has 110 valence electrons. The van der Waals surface area contributed by atoms with Gasteiger partial charge in [0.1, 0.15) is 5.75 Å². The third-order valence-corrected chi connectivity index (χ3v) is 5.12. The highest BCUT2D eigenvalue weighted by molar-refractivity contribution is 5.42.